The van der Waals surface area contributed by atoms with Crippen LogP contribution < -0.4 is 10.6 Å². The van der Waals surface area contributed by atoms with Crippen LogP contribution in [0.15, 0.2) is 24.3 Å². The smallest absolute Gasteiger partial charge is 0.255 e. The fourth-order valence-corrected chi connectivity index (χ4v) is 3.08. The number of thiocarbonyl (C=S) groups is 1. The van der Waals surface area contributed by atoms with Crippen molar-refractivity contribution in [2.45, 2.75) is 32.6 Å². The number of carbonyl (C=O) groups is 2. The Morgan fingerprint density at radius 2 is 1.79 bits per heavy atom. The van der Waals surface area contributed by atoms with Crippen molar-refractivity contribution >= 4 is 34.8 Å². The molecule has 1 aliphatic heterocycles. The summed E-state index contributed by atoms with van der Waals surface area (Å²) < 4.78 is 0. The number of nitrogens with one attached hydrogen (secondary N) is 2. The van der Waals surface area contributed by atoms with Crippen molar-refractivity contribution in [1.29, 1.82) is 0 Å². The Morgan fingerprint density at radius 3 is 2.46 bits per heavy atom. The van der Waals surface area contributed by atoms with Crippen LogP contribution in [0.1, 0.15) is 43.0 Å². The van der Waals surface area contributed by atoms with E-state index >= 15 is 0 Å². The third-order valence-electron chi connectivity index (χ3n) is 4.66. The van der Waals surface area contributed by atoms with Crippen molar-refractivity contribution < 1.29 is 9.59 Å². The maximum atomic E-state index is 12.8. The van der Waals surface area contributed by atoms with Gasteiger partial charge in [0, 0.05) is 19.0 Å². The lowest BCUT2D eigenvalue weighted by atomic mass is 9.98. The van der Waals surface area contributed by atoms with Crippen LogP contribution in [0.5, 0.6) is 0 Å². The van der Waals surface area contributed by atoms with Gasteiger partial charge in [0.2, 0.25) is 5.91 Å². The lowest BCUT2D eigenvalue weighted by Crippen LogP contribution is -2.39. The third kappa shape index (κ3) is 4.12. The van der Waals surface area contributed by atoms with Crippen molar-refractivity contribution in [1.82, 2.24) is 10.2 Å². The zero-order valence-corrected chi connectivity index (χ0v) is 14.7. The van der Waals surface area contributed by atoms with Crippen molar-refractivity contribution in [2.24, 2.45) is 11.8 Å². The highest BCUT2D eigenvalue weighted by Gasteiger charge is 2.30. The number of hydrogen-bond acceptors (Lipinski definition) is 3. The average Bonchev–Trinajstić information content (AvgIpc) is 3.40. The second-order valence-corrected chi connectivity index (χ2v) is 7.15. The molecule has 1 saturated heterocycles. The Balaban J connectivity index is 1.66. The molecule has 1 aromatic carbocycles. The molecule has 5 nitrogen and oxygen atoms in total. The van der Waals surface area contributed by atoms with Gasteiger partial charge in [0.15, 0.2) is 5.11 Å². The number of nitrogens with zero attached hydrogens (tertiary/aromatic N) is 1. The van der Waals surface area contributed by atoms with Crippen LogP contribution in [0.3, 0.4) is 0 Å². The van der Waals surface area contributed by atoms with Crippen LogP contribution in [0.25, 0.3) is 0 Å². The first-order valence-electron chi connectivity index (χ1n) is 8.54. The predicted molar refractivity (Wildman–Crippen MR) is 97.8 cm³/mol. The maximum Gasteiger partial charge on any atom is 0.255 e. The monoisotopic (exact) mass is 345 g/mol. The van der Waals surface area contributed by atoms with E-state index in [9.17, 15) is 9.59 Å². The fraction of sp³-hybridized carbons (Fsp3) is 0.500. The van der Waals surface area contributed by atoms with Gasteiger partial charge in [0.25, 0.3) is 5.91 Å². The Bertz CT molecular complexity index is 649. The lowest BCUT2D eigenvalue weighted by molar-refractivity contribution is -0.120. The first kappa shape index (κ1) is 16.9. The maximum absolute atomic E-state index is 12.8. The summed E-state index contributed by atoms with van der Waals surface area (Å²) in [7, 11) is 0. The molecule has 0 bridgehead atoms. The van der Waals surface area contributed by atoms with E-state index in [1.165, 1.54) is 0 Å². The second kappa shape index (κ2) is 7.30. The van der Waals surface area contributed by atoms with Crippen molar-refractivity contribution in [2.75, 3.05) is 18.4 Å². The van der Waals surface area contributed by atoms with Gasteiger partial charge in [-0.25, -0.2) is 0 Å². The van der Waals surface area contributed by atoms with E-state index in [4.69, 9.17) is 12.2 Å². The minimum Gasteiger partial charge on any atom is -0.339 e. The van der Waals surface area contributed by atoms with Gasteiger partial charge in [-0.2, -0.15) is 0 Å². The van der Waals surface area contributed by atoms with E-state index in [1.807, 2.05) is 23.1 Å². The van der Waals surface area contributed by atoms with Gasteiger partial charge < -0.3 is 15.5 Å². The SMILES string of the molecule is CC1CCN(C(=O)c2ccccc2NC(=S)NC(=O)C2CC2)CC1. The summed E-state index contributed by atoms with van der Waals surface area (Å²) >= 11 is 5.21. The largest absolute Gasteiger partial charge is 0.339 e. The molecule has 24 heavy (non-hydrogen) atoms. The number of hydrogen-bond donors (Lipinski definition) is 2. The van der Waals surface area contributed by atoms with Gasteiger partial charge in [-0.3, -0.25) is 9.59 Å². The molecule has 128 valence electrons. The van der Waals surface area contributed by atoms with E-state index in [0.29, 0.717) is 17.2 Å². The molecule has 2 N–H and O–H groups in total. The molecular weight excluding hydrogens is 322 g/mol. The zero-order valence-electron chi connectivity index (χ0n) is 13.9. The van der Waals surface area contributed by atoms with Crippen LogP contribution in [-0.2, 0) is 4.79 Å². The van der Waals surface area contributed by atoms with Crippen LogP contribution >= 0.6 is 12.2 Å². The second-order valence-electron chi connectivity index (χ2n) is 6.74. The normalized spacial score (nSPS) is 18.1. The topological polar surface area (TPSA) is 61.4 Å². The number of piperidine rings is 1. The fourth-order valence-electron chi connectivity index (χ4n) is 2.87. The summed E-state index contributed by atoms with van der Waals surface area (Å²) in [5.74, 6) is 0.743. The molecule has 2 aliphatic rings. The van der Waals surface area contributed by atoms with Crippen molar-refractivity contribution in [3.05, 3.63) is 29.8 Å². The quantitative estimate of drug-likeness (QED) is 0.827. The number of rotatable bonds is 3. The molecule has 0 atom stereocenters. The molecule has 1 saturated carbocycles. The highest BCUT2D eigenvalue weighted by atomic mass is 32.1. The van der Waals surface area contributed by atoms with Gasteiger partial charge >= 0.3 is 0 Å². The molecule has 0 unspecified atom stereocenters. The summed E-state index contributed by atoms with van der Waals surface area (Å²) in [5.41, 5.74) is 1.23. The number of benzene rings is 1. The van der Waals surface area contributed by atoms with Crippen LogP contribution in [0, 0.1) is 11.8 Å². The first-order valence-corrected chi connectivity index (χ1v) is 8.95. The number of likely N-dealkylation sites (tertiary alicyclic amines) is 1. The Hall–Kier alpha value is -1.95. The average molecular weight is 345 g/mol. The van der Waals surface area contributed by atoms with E-state index in [0.717, 1.165) is 38.8 Å². The van der Waals surface area contributed by atoms with Gasteiger partial charge in [-0.15, -0.1) is 0 Å². The van der Waals surface area contributed by atoms with Crippen molar-refractivity contribution in [3.63, 3.8) is 0 Å². The van der Waals surface area contributed by atoms with E-state index < -0.39 is 0 Å². The number of anilines is 1. The van der Waals surface area contributed by atoms with Gasteiger partial charge in [-0.05, 0) is 56.0 Å². The van der Waals surface area contributed by atoms with E-state index in [-0.39, 0.29) is 22.8 Å². The number of amides is 2. The third-order valence-corrected chi connectivity index (χ3v) is 4.87. The molecule has 0 spiro atoms. The number of para-hydroxylation sites is 1. The summed E-state index contributed by atoms with van der Waals surface area (Å²) in [5, 5.41) is 5.95. The lowest BCUT2D eigenvalue weighted by Gasteiger charge is -2.30. The molecule has 1 aliphatic carbocycles. The van der Waals surface area contributed by atoms with Gasteiger partial charge in [0.1, 0.15) is 0 Å². The molecule has 6 heteroatoms. The van der Waals surface area contributed by atoms with Crippen LogP contribution in [0.4, 0.5) is 5.69 Å². The first-order chi connectivity index (χ1) is 11.5. The minimum atomic E-state index is -0.0404. The van der Waals surface area contributed by atoms with Crippen LogP contribution in [0.2, 0.25) is 0 Å². The highest BCUT2D eigenvalue weighted by Crippen LogP contribution is 2.28. The zero-order chi connectivity index (χ0) is 17.1. The molecule has 2 fully saturated rings. The summed E-state index contributed by atoms with van der Waals surface area (Å²) in [6.07, 6.45) is 3.93. The van der Waals surface area contributed by atoms with E-state index in [1.54, 1.807) is 6.07 Å². The molecule has 1 aromatic rings. The summed E-state index contributed by atoms with van der Waals surface area (Å²) in [4.78, 5) is 26.5. The van der Waals surface area contributed by atoms with E-state index in [2.05, 4.69) is 17.6 Å². The standard InChI is InChI=1S/C18H23N3O2S/c1-12-8-10-21(11-9-12)17(23)14-4-2-3-5-15(14)19-18(24)20-16(22)13-6-7-13/h2-5,12-13H,6-11H2,1H3,(H2,19,20,22,24). The molecule has 3 rings (SSSR count). The summed E-state index contributed by atoms with van der Waals surface area (Å²) in [6.45, 7) is 3.80. The van der Waals surface area contributed by atoms with Crippen molar-refractivity contribution in [3.8, 4) is 0 Å². The molecular formula is C18H23N3O2S. The molecule has 2 amide bonds. The summed E-state index contributed by atoms with van der Waals surface area (Å²) in [6, 6.07) is 7.31. The molecule has 0 radical (unpaired) electrons. The van der Waals surface area contributed by atoms with Gasteiger partial charge in [0.05, 0.1) is 11.3 Å². The van der Waals surface area contributed by atoms with Crippen LogP contribution in [-0.4, -0.2) is 34.9 Å². The molecule has 1 heterocycles. The number of carbonyl (C=O) groups excluding carboxylic acids is 2. The highest BCUT2D eigenvalue weighted by molar-refractivity contribution is 7.80. The minimum absolute atomic E-state index is 0.0151. The Labute approximate surface area is 147 Å². The predicted octanol–water partition coefficient (Wildman–Crippen LogP) is 2.78. The Morgan fingerprint density at radius 1 is 1.12 bits per heavy atom. The van der Waals surface area contributed by atoms with Gasteiger partial charge in [-0.1, -0.05) is 19.1 Å². The molecule has 0 aromatic heterocycles. The Kier molecular flexibility index (Phi) is 5.14.